The summed E-state index contributed by atoms with van der Waals surface area (Å²) in [6.45, 7) is 2.50. The van der Waals surface area contributed by atoms with Crippen LogP contribution in [-0.2, 0) is 0 Å². The molecule has 5 heteroatoms. The van der Waals surface area contributed by atoms with Gasteiger partial charge in [-0.05, 0) is 31.2 Å². The summed E-state index contributed by atoms with van der Waals surface area (Å²) in [7, 11) is 0. The number of aromatic nitrogens is 2. The Labute approximate surface area is 97.7 Å². The monoisotopic (exact) mass is 232 g/mol. The molecule has 0 saturated heterocycles. The fraction of sp³-hybridized carbons (Fsp3) is 0.167. The van der Waals surface area contributed by atoms with Crippen molar-refractivity contribution in [2.24, 2.45) is 0 Å². The molecule has 1 aromatic carbocycles. The molecule has 1 N–H and O–H groups in total. The Morgan fingerprint density at radius 3 is 2.59 bits per heavy atom. The minimum absolute atomic E-state index is 0.254. The van der Waals surface area contributed by atoms with E-state index in [-0.39, 0.29) is 11.4 Å². The van der Waals surface area contributed by atoms with Crippen molar-refractivity contribution in [3.05, 3.63) is 46.6 Å². The molecule has 0 atom stereocenters. The van der Waals surface area contributed by atoms with E-state index in [9.17, 15) is 9.59 Å². The van der Waals surface area contributed by atoms with E-state index >= 15 is 0 Å². The minimum atomic E-state index is -0.337. The highest BCUT2D eigenvalue weighted by Gasteiger charge is 2.04. The van der Waals surface area contributed by atoms with Crippen molar-refractivity contribution in [1.29, 1.82) is 0 Å². The SMILES string of the molecule is CCOc1ccc(-n2cc(C=O)[nH]c2=O)cc1. The minimum Gasteiger partial charge on any atom is -0.494 e. The van der Waals surface area contributed by atoms with Crippen molar-refractivity contribution >= 4 is 6.29 Å². The number of hydrogen-bond donors (Lipinski definition) is 1. The number of benzene rings is 1. The van der Waals surface area contributed by atoms with E-state index in [0.717, 1.165) is 5.75 Å². The Morgan fingerprint density at radius 1 is 1.35 bits per heavy atom. The molecule has 0 fully saturated rings. The number of nitrogens with zero attached hydrogens (tertiary/aromatic N) is 1. The van der Waals surface area contributed by atoms with Gasteiger partial charge in [0.15, 0.2) is 6.29 Å². The van der Waals surface area contributed by atoms with Crippen LogP contribution < -0.4 is 10.4 Å². The van der Waals surface area contributed by atoms with Crippen molar-refractivity contribution in [3.8, 4) is 11.4 Å². The van der Waals surface area contributed by atoms with Gasteiger partial charge in [-0.15, -0.1) is 0 Å². The summed E-state index contributed by atoms with van der Waals surface area (Å²) < 4.78 is 6.68. The molecule has 0 unspecified atom stereocenters. The number of ether oxygens (including phenoxy) is 1. The lowest BCUT2D eigenvalue weighted by Crippen LogP contribution is -2.13. The van der Waals surface area contributed by atoms with Gasteiger partial charge in [0.1, 0.15) is 5.75 Å². The van der Waals surface area contributed by atoms with Crippen LogP contribution >= 0.6 is 0 Å². The predicted molar refractivity (Wildman–Crippen MR) is 62.9 cm³/mol. The number of aldehydes is 1. The highest BCUT2D eigenvalue weighted by atomic mass is 16.5. The second kappa shape index (κ2) is 4.69. The third-order valence-corrected chi connectivity index (χ3v) is 2.29. The number of hydrogen-bond acceptors (Lipinski definition) is 3. The van der Waals surface area contributed by atoms with E-state index in [1.807, 2.05) is 6.92 Å². The maximum absolute atomic E-state index is 11.5. The number of carbonyl (C=O) groups is 1. The highest BCUT2D eigenvalue weighted by molar-refractivity contribution is 5.71. The van der Waals surface area contributed by atoms with Gasteiger partial charge in [0, 0.05) is 6.20 Å². The topological polar surface area (TPSA) is 64.1 Å². The van der Waals surface area contributed by atoms with E-state index in [0.29, 0.717) is 18.6 Å². The van der Waals surface area contributed by atoms with Crippen LogP contribution in [0.4, 0.5) is 0 Å². The lowest BCUT2D eigenvalue weighted by atomic mass is 10.3. The molecular weight excluding hydrogens is 220 g/mol. The third kappa shape index (κ3) is 2.28. The average Bonchev–Trinajstić information content (AvgIpc) is 2.72. The van der Waals surface area contributed by atoms with Gasteiger partial charge in [0.25, 0.3) is 0 Å². The third-order valence-electron chi connectivity index (χ3n) is 2.29. The lowest BCUT2D eigenvalue weighted by Gasteiger charge is -2.04. The van der Waals surface area contributed by atoms with Crippen LogP contribution in [0.1, 0.15) is 17.4 Å². The smallest absolute Gasteiger partial charge is 0.330 e. The number of aromatic amines is 1. The van der Waals surface area contributed by atoms with Gasteiger partial charge in [-0.2, -0.15) is 0 Å². The van der Waals surface area contributed by atoms with Gasteiger partial charge in [0.2, 0.25) is 0 Å². The number of nitrogens with one attached hydrogen (secondary N) is 1. The molecule has 1 heterocycles. The molecule has 0 saturated carbocycles. The number of H-pyrrole nitrogens is 1. The summed E-state index contributed by atoms with van der Waals surface area (Å²) in [4.78, 5) is 24.5. The molecule has 0 radical (unpaired) electrons. The molecular formula is C12H12N2O3. The fourth-order valence-electron chi connectivity index (χ4n) is 1.54. The van der Waals surface area contributed by atoms with E-state index in [1.54, 1.807) is 24.3 Å². The van der Waals surface area contributed by atoms with E-state index in [4.69, 9.17) is 4.74 Å². The molecule has 0 bridgehead atoms. The molecule has 0 aliphatic heterocycles. The predicted octanol–water partition coefficient (Wildman–Crippen LogP) is 1.38. The Morgan fingerprint density at radius 2 is 2.06 bits per heavy atom. The fourth-order valence-corrected chi connectivity index (χ4v) is 1.54. The molecule has 0 spiro atoms. The number of rotatable bonds is 4. The molecule has 0 aliphatic rings. The van der Waals surface area contributed by atoms with Gasteiger partial charge < -0.3 is 9.72 Å². The number of carbonyl (C=O) groups excluding carboxylic acids is 1. The Bertz CT molecular complexity index is 566. The molecule has 17 heavy (non-hydrogen) atoms. The summed E-state index contributed by atoms with van der Waals surface area (Å²) >= 11 is 0. The van der Waals surface area contributed by atoms with Gasteiger partial charge in [0.05, 0.1) is 18.0 Å². The normalized spacial score (nSPS) is 10.2. The van der Waals surface area contributed by atoms with Crippen molar-refractivity contribution in [2.75, 3.05) is 6.61 Å². The zero-order chi connectivity index (χ0) is 12.3. The summed E-state index contributed by atoms with van der Waals surface area (Å²) in [6, 6.07) is 7.07. The van der Waals surface area contributed by atoms with Crippen LogP contribution in [0.3, 0.4) is 0 Å². The van der Waals surface area contributed by atoms with Gasteiger partial charge in [-0.3, -0.25) is 9.36 Å². The van der Waals surface area contributed by atoms with E-state index < -0.39 is 0 Å². The first-order valence-electron chi connectivity index (χ1n) is 5.24. The van der Waals surface area contributed by atoms with Gasteiger partial charge in [-0.25, -0.2) is 4.79 Å². The zero-order valence-electron chi connectivity index (χ0n) is 9.34. The lowest BCUT2D eigenvalue weighted by molar-refractivity contribution is 0.111. The molecule has 0 amide bonds. The summed E-state index contributed by atoms with van der Waals surface area (Å²) in [6.07, 6.45) is 2.07. The van der Waals surface area contributed by atoms with Gasteiger partial charge >= 0.3 is 5.69 Å². The van der Waals surface area contributed by atoms with Crippen LogP contribution in [-0.4, -0.2) is 22.4 Å². The Balaban J connectivity index is 2.36. The summed E-state index contributed by atoms with van der Waals surface area (Å²) in [5, 5.41) is 0. The summed E-state index contributed by atoms with van der Waals surface area (Å²) in [5.41, 5.74) is 0.600. The molecule has 5 nitrogen and oxygen atoms in total. The quantitative estimate of drug-likeness (QED) is 0.810. The highest BCUT2D eigenvalue weighted by Crippen LogP contribution is 2.14. The first kappa shape index (κ1) is 11.2. The van der Waals surface area contributed by atoms with Crippen LogP contribution in [0.5, 0.6) is 5.75 Å². The van der Waals surface area contributed by atoms with E-state index in [1.165, 1.54) is 10.8 Å². The second-order valence-electron chi connectivity index (χ2n) is 3.43. The van der Waals surface area contributed by atoms with Crippen molar-refractivity contribution in [2.45, 2.75) is 6.92 Å². The Hall–Kier alpha value is -2.30. The molecule has 1 aromatic heterocycles. The maximum atomic E-state index is 11.5. The summed E-state index contributed by atoms with van der Waals surface area (Å²) in [5.74, 6) is 0.746. The average molecular weight is 232 g/mol. The molecule has 2 aromatic rings. The number of imidazole rings is 1. The van der Waals surface area contributed by atoms with Crippen LogP contribution in [0.15, 0.2) is 35.3 Å². The molecule has 2 rings (SSSR count). The molecule has 0 aliphatic carbocycles. The van der Waals surface area contributed by atoms with Crippen LogP contribution in [0.2, 0.25) is 0 Å². The standard InChI is InChI=1S/C12H12N2O3/c1-2-17-11-5-3-10(4-6-11)14-7-9(8-15)13-12(14)16/h3-8H,2H2,1H3,(H,13,16). The Kier molecular flexibility index (Phi) is 3.09. The largest absolute Gasteiger partial charge is 0.494 e. The van der Waals surface area contributed by atoms with Gasteiger partial charge in [-0.1, -0.05) is 0 Å². The van der Waals surface area contributed by atoms with Crippen molar-refractivity contribution in [1.82, 2.24) is 9.55 Å². The van der Waals surface area contributed by atoms with Crippen LogP contribution in [0.25, 0.3) is 5.69 Å². The van der Waals surface area contributed by atoms with Crippen LogP contribution in [0, 0.1) is 0 Å². The zero-order valence-corrected chi connectivity index (χ0v) is 9.34. The van der Waals surface area contributed by atoms with Crippen molar-refractivity contribution in [3.63, 3.8) is 0 Å². The second-order valence-corrected chi connectivity index (χ2v) is 3.43. The first-order chi connectivity index (χ1) is 8.24. The maximum Gasteiger partial charge on any atom is 0.330 e. The first-order valence-corrected chi connectivity index (χ1v) is 5.24. The van der Waals surface area contributed by atoms with E-state index in [2.05, 4.69) is 4.98 Å². The molecule has 88 valence electrons. The van der Waals surface area contributed by atoms with Crippen molar-refractivity contribution < 1.29 is 9.53 Å².